The molecular formula is C22H28FNO3. The van der Waals surface area contributed by atoms with Crippen LogP contribution in [-0.4, -0.2) is 19.0 Å². The minimum atomic E-state index is -0.519. The average Bonchev–Trinajstić information content (AvgIpc) is 2.64. The van der Waals surface area contributed by atoms with Crippen molar-refractivity contribution in [3.05, 3.63) is 53.3 Å². The molecule has 146 valence electrons. The molecule has 1 unspecified atom stereocenters. The van der Waals surface area contributed by atoms with E-state index in [2.05, 4.69) is 12.2 Å². The third-order valence-electron chi connectivity index (χ3n) is 4.13. The number of carbonyl (C=O) groups is 1. The second-order valence-corrected chi connectivity index (χ2v) is 6.49. The molecule has 1 atom stereocenters. The van der Waals surface area contributed by atoms with Gasteiger partial charge in [-0.1, -0.05) is 26.0 Å². The molecule has 0 spiro atoms. The van der Waals surface area contributed by atoms with Crippen LogP contribution >= 0.6 is 0 Å². The quantitative estimate of drug-likeness (QED) is 0.536. The van der Waals surface area contributed by atoms with E-state index < -0.39 is 5.82 Å². The van der Waals surface area contributed by atoms with Gasteiger partial charge < -0.3 is 14.8 Å². The lowest BCUT2D eigenvalue weighted by Crippen LogP contribution is -2.12. The zero-order valence-electron chi connectivity index (χ0n) is 16.5. The molecule has 2 aromatic carbocycles. The minimum absolute atomic E-state index is 0.0784. The molecular weight excluding hydrogens is 345 g/mol. The van der Waals surface area contributed by atoms with Crippen LogP contribution in [0.2, 0.25) is 0 Å². The van der Waals surface area contributed by atoms with Crippen molar-refractivity contribution < 1.29 is 18.7 Å². The van der Waals surface area contributed by atoms with E-state index >= 15 is 0 Å². The van der Waals surface area contributed by atoms with Crippen molar-refractivity contribution in [2.45, 2.75) is 46.6 Å². The molecule has 27 heavy (non-hydrogen) atoms. The van der Waals surface area contributed by atoms with E-state index in [-0.39, 0.29) is 17.4 Å². The summed E-state index contributed by atoms with van der Waals surface area (Å²) >= 11 is 0. The van der Waals surface area contributed by atoms with E-state index in [0.29, 0.717) is 24.7 Å². The van der Waals surface area contributed by atoms with Crippen molar-refractivity contribution in [1.82, 2.24) is 0 Å². The van der Waals surface area contributed by atoms with Crippen LogP contribution in [0.5, 0.6) is 11.5 Å². The smallest absolute Gasteiger partial charge is 0.164 e. The number of hydrogen-bond acceptors (Lipinski definition) is 4. The van der Waals surface area contributed by atoms with Crippen molar-refractivity contribution in [3.8, 4) is 11.5 Å². The van der Waals surface area contributed by atoms with Crippen LogP contribution in [0.1, 0.15) is 62.5 Å². The molecule has 4 nitrogen and oxygen atoms in total. The molecule has 0 bridgehead atoms. The predicted molar refractivity (Wildman–Crippen MR) is 106 cm³/mol. The highest BCUT2D eigenvalue weighted by Gasteiger charge is 2.16. The van der Waals surface area contributed by atoms with Crippen LogP contribution in [0.4, 0.5) is 10.1 Å². The fraction of sp³-hybridized carbons (Fsp3) is 0.409. The summed E-state index contributed by atoms with van der Waals surface area (Å²) in [4.78, 5) is 11.8. The third-order valence-corrected chi connectivity index (χ3v) is 4.13. The Morgan fingerprint density at radius 2 is 1.74 bits per heavy atom. The van der Waals surface area contributed by atoms with Crippen molar-refractivity contribution in [1.29, 1.82) is 0 Å². The Bertz CT molecular complexity index is 776. The molecule has 0 radical (unpaired) electrons. The van der Waals surface area contributed by atoms with Gasteiger partial charge in [0.1, 0.15) is 5.82 Å². The Kier molecular flexibility index (Phi) is 7.65. The summed E-state index contributed by atoms with van der Waals surface area (Å²) in [5.74, 6) is 0.590. The van der Waals surface area contributed by atoms with Crippen LogP contribution in [0.15, 0.2) is 36.4 Å². The molecule has 2 aromatic rings. The standard InChI is InChI=1S/C22H28FNO3/c1-5-12-26-20-11-10-17(14-21(20)27-13-6-2)15(3)24-19-9-7-8-18(23)22(19)16(4)25/h7-11,14-15,24H,5-6,12-13H2,1-4H3. The maximum Gasteiger partial charge on any atom is 0.164 e. The van der Waals surface area contributed by atoms with Crippen molar-refractivity contribution in [3.63, 3.8) is 0 Å². The number of hydrogen-bond donors (Lipinski definition) is 1. The van der Waals surface area contributed by atoms with Gasteiger partial charge >= 0.3 is 0 Å². The molecule has 0 aromatic heterocycles. The first kappa shape index (κ1) is 20.7. The Balaban J connectivity index is 2.27. The highest BCUT2D eigenvalue weighted by atomic mass is 19.1. The lowest BCUT2D eigenvalue weighted by Gasteiger charge is -2.20. The number of carbonyl (C=O) groups excluding carboxylic acids is 1. The number of ether oxygens (including phenoxy) is 2. The fourth-order valence-electron chi connectivity index (χ4n) is 2.77. The molecule has 1 N–H and O–H groups in total. The highest BCUT2D eigenvalue weighted by molar-refractivity contribution is 5.99. The van der Waals surface area contributed by atoms with Crippen molar-refractivity contribution >= 4 is 11.5 Å². The molecule has 0 aliphatic carbocycles. The predicted octanol–water partition coefficient (Wildman–Crippen LogP) is 5.78. The van der Waals surface area contributed by atoms with Crippen LogP contribution in [0.25, 0.3) is 0 Å². The number of halogens is 1. The number of anilines is 1. The van der Waals surface area contributed by atoms with Crippen LogP contribution in [0, 0.1) is 5.82 Å². The molecule has 0 saturated heterocycles. The Hall–Kier alpha value is -2.56. The van der Waals surface area contributed by atoms with Gasteiger partial charge in [-0.15, -0.1) is 0 Å². The van der Waals surface area contributed by atoms with E-state index in [1.54, 1.807) is 12.1 Å². The Morgan fingerprint density at radius 1 is 1.07 bits per heavy atom. The molecule has 0 aliphatic heterocycles. The topological polar surface area (TPSA) is 47.6 Å². The molecule has 0 saturated carbocycles. The first-order valence-electron chi connectivity index (χ1n) is 9.43. The first-order chi connectivity index (χ1) is 13.0. The van der Waals surface area contributed by atoms with E-state index in [1.165, 1.54) is 13.0 Å². The maximum atomic E-state index is 14.0. The van der Waals surface area contributed by atoms with Crippen LogP contribution in [0.3, 0.4) is 0 Å². The summed E-state index contributed by atoms with van der Waals surface area (Å²) in [7, 11) is 0. The Morgan fingerprint density at radius 3 is 2.37 bits per heavy atom. The largest absolute Gasteiger partial charge is 0.490 e. The average molecular weight is 373 g/mol. The molecule has 0 aliphatic rings. The number of nitrogens with one attached hydrogen (secondary N) is 1. The molecule has 5 heteroatoms. The summed E-state index contributed by atoms with van der Waals surface area (Å²) in [6, 6.07) is 10.2. The van der Waals surface area contributed by atoms with Gasteiger partial charge in [-0.25, -0.2) is 4.39 Å². The first-order valence-corrected chi connectivity index (χ1v) is 9.43. The highest BCUT2D eigenvalue weighted by Crippen LogP contribution is 2.32. The zero-order valence-corrected chi connectivity index (χ0v) is 16.5. The number of Topliss-reactive ketones (excluding diaryl/α,β-unsaturated/α-hetero) is 1. The van der Waals surface area contributed by atoms with Gasteiger partial charge in [0.05, 0.1) is 18.8 Å². The molecule has 2 rings (SSSR count). The summed E-state index contributed by atoms with van der Waals surface area (Å²) in [5, 5.41) is 3.24. The summed E-state index contributed by atoms with van der Waals surface area (Å²) in [6.45, 7) is 8.66. The number of benzene rings is 2. The minimum Gasteiger partial charge on any atom is -0.490 e. The summed E-state index contributed by atoms with van der Waals surface area (Å²) < 4.78 is 25.6. The fourth-order valence-corrected chi connectivity index (χ4v) is 2.77. The van der Waals surface area contributed by atoms with Gasteiger partial charge in [0, 0.05) is 11.7 Å². The molecule has 0 heterocycles. The van der Waals surface area contributed by atoms with Crippen LogP contribution in [-0.2, 0) is 0 Å². The van der Waals surface area contributed by atoms with Crippen molar-refractivity contribution in [2.75, 3.05) is 18.5 Å². The SMILES string of the molecule is CCCOc1ccc(C(C)Nc2cccc(F)c2C(C)=O)cc1OCCC. The third kappa shape index (κ3) is 5.46. The second-order valence-electron chi connectivity index (χ2n) is 6.49. The summed E-state index contributed by atoms with van der Waals surface area (Å²) in [5.41, 5.74) is 1.52. The van der Waals surface area contributed by atoms with Gasteiger partial charge in [-0.3, -0.25) is 4.79 Å². The van der Waals surface area contributed by atoms with E-state index in [0.717, 1.165) is 24.2 Å². The Labute approximate surface area is 160 Å². The number of ketones is 1. The zero-order chi connectivity index (χ0) is 19.8. The molecule has 0 amide bonds. The number of rotatable bonds is 10. The maximum absolute atomic E-state index is 14.0. The summed E-state index contributed by atoms with van der Waals surface area (Å²) in [6.07, 6.45) is 1.82. The van der Waals surface area contributed by atoms with Crippen molar-refractivity contribution in [2.24, 2.45) is 0 Å². The monoisotopic (exact) mass is 373 g/mol. The van der Waals surface area contributed by atoms with Gasteiger partial charge in [-0.05, 0) is 56.5 Å². The normalized spacial score (nSPS) is 11.7. The second kappa shape index (κ2) is 9.95. The molecule has 0 fully saturated rings. The van der Waals surface area contributed by atoms with Crippen LogP contribution < -0.4 is 14.8 Å². The van der Waals surface area contributed by atoms with E-state index in [9.17, 15) is 9.18 Å². The lowest BCUT2D eigenvalue weighted by molar-refractivity contribution is 0.101. The van der Waals surface area contributed by atoms with Gasteiger partial charge in [0.15, 0.2) is 17.3 Å². The van der Waals surface area contributed by atoms with E-state index in [1.807, 2.05) is 32.0 Å². The van der Waals surface area contributed by atoms with E-state index in [4.69, 9.17) is 9.47 Å². The van der Waals surface area contributed by atoms with Gasteiger partial charge in [0.25, 0.3) is 0 Å². The lowest BCUT2D eigenvalue weighted by atomic mass is 10.0. The van der Waals surface area contributed by atoms with Gasteiger partial charge in [0.2, 0.25) is 0 Å². The van der Waals surface area contributed by atoms with Gasteiger partial charge in [-0.2, -0.15) is 0 Å².